The van der Waals surface area contributed by atoms with Gasteiger partial charge < -0.3 is 4.74 Å². The van der Waals surface area contributed by atoms with Crippen LogP contribution in [0.5, 0.6) is 0 Å². The molecule has 0 radical (unpaired) electrons. The molecule has 1 nitrogen and oxygen atoms in total. The minimum absolute atomic E-state index is 0.274. The Balaban J connectivity index is 2.80. The molecule has 2 unspecified atom stereocenters. The van der Waals surface area contributed by atoms with Gasteiger partial charge in [0.05, 0.1) is 6.10 Å². The van der Waals surface area contributed by atoms with Crippen molar-refractivity contribution in [3.8, 4) is 0 Å². The second-order valence-corrected chi connectivity index (χ2v) is 4.24. The van der Waals surface area contributed by atoms with Gasteiger partial charge in [-0.25, -0.2) is 0 Å². The standard InChI is InChI=1S/C15H24O/c1-4-10-13(5-2)15(16-6-3)14-11-8-7-9-12-14/h7-9,11-13,15H,4-6,10H2,1-3H3. The normalized spacial score (nSPS) is 14.7. The lowest BCUT2D eigenvalue weighted by molar-refractivity contribution is 0.0136. The largest absolute Gasteiger partial charge is 0.374 e. The van der Waals surface area contributed by atoms with Crippen molar-refractivity contribution in [2.45, 2.75) is 46.1 Å². The van der Waals surface area contributed by atoms with Crippen molar-refractivity contribution in [3.05, 3.63) is 35.9 Å². The van der Waals surface area contributed by atoms with E-state index >= 15 is 0 Å². The van der Waals surface area contributed by atoms with E-state index < -0.39 is 0 Å². The lowest BCUT2D eigenvalue weighted by Crippen LogP contribution is -2.15. The molecule has 0 spiro atoms. The van der Waals surface area contributed by atoms with Crippen LogP contribution in [-0.4, -0.2) is 6.61 Å². The third kappa shape index (κ3) is 3.64. The molecule has 16 heavy (non-hydrogen) atoms. The van der Waals surface area contributed by atoms with Crippen LogP contribution < -0.4 is 0 Å². The van der Waals surface area contributed by atoms with E-state index in [1.54, 1.807) is 0 Å². The van der Waals surface area contributed by atoms with Crippen LogP contribution in [0.15, 0.2) is 30.3 Å². The molecule has 90 valence electrons. The molecule has 0 amide bonds. The van der Waals surface area contributed by atoms with Crippen molar-refractivity contribution in [3.63, 3.8) is 0 Å². The molecule has 0 saturated carbocycles. The zero-order valence-electron chi connectivity index (χ0n) is 10.8. The third-order valence-corrected chi connectivity index (χ3v) is 3.09. The lowest BCUT2D eigenvalue weighted by Gasteiger charge is -2.26. The molecule has 0 N–H and O–H groups in total. The first kappa shape index (κ1) is 13.2. The number of hydrogen-bond donors (Lipinski definition) is 0. The topological polar surface area (TPSA) is 9.23 Å². The highest BCUT2D eigenvalue weighted by Gasteiger charge is 2.20. The van der Waals surface area contributed by atoms with E-state index in [1.807, 2.05) is 0 Å². The SMILES string of the molecule is CCCC(CC)C(OCC)c1ccccc1. The van der Waals surface area contributed by atoms with Gasteiger partial charge in [-0.1, -0.05) is 57.0 Å². The molecule has 0 aliphatic rings. The predicted molar refractivity (Wildman–Crippen MR) is 69.5 cm³/mol. The van der Waals surface area contributed by atoms with Crippen LogP contribution in [0.2, 0.25) is 0 Å². The molecule has 1 heteroatoms. The number of hydrogen-bond acceptors (Lipinski definition) is 1. The van der Waals surface area contributed by atoms with Crippen molar-refractivity contribution in [2.75, 3.05) is 6.61 Å². The van der Waals surface area contributed by atoms with Crippen LogP contribution in [0, 0.1) is 5.92 Å². The zero-order valence-corrected chi connectivity index (χ0v) is 10.8. The van der Waals surface area contributed by atoms with Crippen molar-refractivity contribution in [1.29, 1.82) is 0 Å². The monoisotopic (exact) mass is 220 g/mol. The van der Waals surface area contributed by atoms with Crippen molar-refractivity contribution < 1.29 is 4.74 Å². The molecule has 0 aliphatic heterocycles. The molecule has 2 atom stereocenters. The fourth-order valence-corrected chi connectivity index (χ4v) is 2.27. The predicted octanol–water partition coefficient (Wildman–Crippen LogP) is 4.59. The summed E-state index contributed by atoms with van der Waals surface area (Å²) in [5, 5.41) is 0. The Bertz CT molecular complexity index is 268. The summed E-state index contributed by atoms with van der Waals surface area (Å²) in [7, 11) is 0. The van der Waals surface area contributed by atoms with Crippen LogP contribution in [0.25, 0.3) is 0 Å². The summed E-state index contributed by atoms with van der Waals surface area (Å²) in [6.07, 6.45) is 3.94. The molecule has 0 aliphatic carbocycles. The van der Waals surface area contributed by atoms with Gasteiger partial charge in [-0.15, -0.1) is 0 Å². The summed E-state index contributed by atoms with van der Waals surface area (Å²) in [6, 6.07) is 10.6. The van der Waals surface area contributed by atoms with E-state index in [1.165, 1.54) is 24.8 Å². The number of ether oxygens (including phenoxy) is 1. The first-order valence-electron chi connectivity index (χ1n) is 6.49. The third-order valence-electron chi connectivity index (χ3n) is 3.09. The number of rotatable bonds is 7. The van der Waals surface area contributed by atoms with Crippen molar-refractivity contribution >= 4 is 0 Å². The molecule has 0 saturated heterocycles. The van der Waals surface area contributed by atoms with Gasteiger partial charge in [-0.2, -0.15) is 0 Å². The van der Waals surface area contributed by atoms with Gasteiger partial charge in [-0.3, -0.25) is 0 Å². The first-order valence-corrected chi connectivity index (χ1v) is 6.49. The second kappa shape index (κ2) is 7.45. The Hall–Kier alpha value is -0.820. The lowest BCUT2D eigenvalue weighted by atomic mass is 9.89. The molecular weight excluding hydrogens is 196 g/mol. The first-order chi connectivity index (χ1) is 7.83. The Kier molecular flexibility index (Phi) is 6.17. The summed E-state index contributed by atoms with van der Waals surface area (Å²) in [6.45, 7) is 7.38. The number of benzene rings is 1. The molecule has 1 rings (SSSR count). The van der Waals surface area contributed by atoms with Crippen LogP contribution >= 0.6 is 0 Å². The van der Waals surface area contributed by atoms with Gasteiger partial charge in [0, 0.05) is 6.61 Å². The van der Waals surface area contributed by atoms with Crippen molar-refractivity contribution in [2.24, 2.45) is 5.92 Å². The fourth-order valence-electron chi connectivity index (χ4n) is 2.27. The van der Waals surface area contributed by atoms with Crippen LogP contribution in [0.3, 0.4) is 0 Å². The Labute approximate surface area is 99.8 Å². The molecule has 0 fully saturated rings. The van der Waals surface area contributed by atoms with Gasteiger partial charge in [0.2, 0.25) is 0 Å². The highest BCUT2D eigenvalue weighted by Crippen LogP contribution is 2.31. The molecule has 1 aromatic carbocycles. The van der Waals surface area contributed by atoms with Crippen LogP contribution in [0.1, 0.15) is 51.7 Å². The summed E-state index contributed by atoms with van der Waals surface area (Å²) in [5.74, 6) is 0.646. The maximum Gasteiger partial charge on any atom is 0.0852 e. The van der Waals surface area contributed by atoms with Gasteiger partial charge in [-0.05, 0) is 24.8 Å². The summed E-state index contributed by atoms with van der Waals surface area (Å²) >= 11 is 0. The maximum atomic E-state index is 5.93. The van der Waals surface area contributed by atoms with E-state index in [0.717, 1.165) is 6.61 Å². The van der Waals surface area contributed by atoms with E-state index in [2.05, 4.69) is 51.1 Å². The highest BCUT2D eigenvalue weighted by molar-refractivity contribution is 5.18. The molecular formula is C15H24O. The van der Waals surface area contributed by atoms with E-state index in [-0.39, 0.29) is 6.10 Å². The fraction of sp³-hybridized carbons (Fsp3) is 0.600. The quantitative estimate of drug-likeness (QED) is 0.653. The van der Waals surface area contributed by atoms with Gasteiger partial charge in [0.15, 0.2) is 0 Å². The smallest absolute Gasteiger partial charge is 0.0852 e. The van der Waals surface area contributed by atoms with E-state index in [0.29, 0.717) is 5.92 Å². The average Bonchev–Trinajstić information content (AvgIpc) is 2.35. The second-order valence-electron chi connectivity index (χ2n) is 4.24. The molecule has 0 bridgehead atoms. The summed E-state index contributed by atoms with van der Waals surface area (Å²) in [5.41, 5.74) is 1.32. The maximum absolute atomic E-state index is 5.93. The average molecular weight is 220 g/mol. The molecule has 0 aromatic heterocycles. The van der Waals surface area contributed by atoms with Crippen molar-refractivity contribution in [1.82, 2.24) is 0 Å². The minimum atomic E-state index is 0.274. The molecule has 0 heterocycles. The Morgan fingerprint density at radius 3 is 2.25 bits per heavy atom. The van der Waals surface area contributed by atoms with Crippen LogP contribution in [0.4, 0.5) is 0 Å². The van der Waals surface area contributed by atoms with Crippen LogP contribution in [-0.2, 0) is 4.74 Å². The molecule has 1 aromatic rings. The van der Waals surface area contributed by atoms with E-state index in [9.17, 15) is 0 Å². The summed E-state index contributed by atoms with van der Waals surface area (Å²) < 4.78 is 5.93. The highest BCUT2D eigenvalue weighted by atomic mass is 16.5. The Morgan fingerprint density at radius 2 is 1.75 bits per heavy atom. The zero-order chi connectivity index (χ0) is 11.8. The van der Waals surface area contributed by atoms with Gasteiger partial charge >= 0.3 is 0 Å². The van der Waals surface area contributed by atoms with Gasteiger partial charge in [0.1, 0.15) is 0 Å². The van der Waals surface area contributed by atoms with E-state index in [4.69, 9.17) is 4.74 Å². The summed E-state index contributed by atoms with van der Waals surface area (Å²) in [4.78, 5) is 0. The minimum Gasteiger partial charge on any atom is -0.374 e. The van der Waals surface area contributed by atoms with Gasteiger partial charge in [0.25, 0.3) is 0 Å². The Morgan fingerprint density at radius 1 is 1.06 bits per heavy atom.